The van der Waals surface area contributed by atoms with E-state index in [1.807, 2.05) is 0 Å². The van der Waals surface area contributed by atoms with Crippen molar-refractivity contribution in [2.24, 2.45) is 0 Å². The van der Waals surface area contributed by atoms with Crippen LogP contribution in [-0.2, 0) is 0 Å². The highest BCUT2D eigenvalue weighted by Gasteiger charge is 2.31. The van der Waals surface area contributed by atoms with E-state index < -0.39 is 0 Å². The van der Waals surface area contributed by atoms with Crippen LogP contribution in [0.4, 0.5) is 0 Å². The highest BCUT2D eigenvalue weighted by Crippen LogP contribution is 2.31. The number of rotatable bonds is 2. The van der Waals surface area contributed by atoms with E-state index in [4.69, 9.17) is 0 Å². The first-order chi connectivity index (χ1) is 7.45. The van der Waals surface area contributed by atoms with Gasteiger partial charge in [-0.1, -0.05) is 6.08 Å². The molecule has 3 aliphatic rings. The molecule has 1 aliphatic carbocycles. The Morgan fingerprint density at radius 2 is 1.60 bits per heavy atom. The first kappa shape index (κ1) is 9.71. The van der Waals surface area contributed by atoms with Gasteiger partial charge in [0, 0.05) is 24.8 Å². The fourth-order valence-electron chi connectivity index (χ4n) is 3.41. The second-order valence-corrected chi connectivity index (χ2v) is 5.16. The molecule has 1 atom stereocenters. The normalized spacial score (nSPS) is 32.7. The molecule has 1 unspecified atom stereocenters. The summed E-state index contributed by atoms with van der Waals surface area (Å²) in [6.07, 6.45) is 10.9. The van der Waals surface area contributed by atoms with Crippen LogP contribution < -0.4 is 0 Å². The highest BCUT2D eigenvalue weighted by molar-refractivity contribution is 5.17. The minimum absolute atomic E-state index is 0.783. The first-order valence-electron chi connectivity index (χ1n) is 6.64. The average Bonchev–Trinajstić information content (AvgIpc) is 3.01. The van der Waals surface area contributed by atoms with E-state index >= 15 is 0 Å². The van der Waals surface area contributed by atoms with Crippen molar-refractivity contribution in [2.75, 3.05) is 26.2 Å². The Kier molecular flexibility index (Phi) is 2.70. The van der Waals surface area contributed by atoms with Crippen molar-refractivity contribution in [3.05, 3.63) is 11.8 Å². The van der Waals surface area contributed by atoms with E-state index in [-0.39, 0.29) is 0 Å². The number of nitrogens with zero attached hydrogens (tertiary/aromatic N) is 2. The summed E-state index contributed by atoms with van der Waals surface area (Å²) in [5.41, 5.74) is 1.68. The summed E-state index contributed by atoms with van der Waals surface area (Å²) in [7, 11) is 0. The predicted octanol–water partition coefficient (Wildman–Crippen LogP) is 2.22. The van der Waals surface area contributed by atoms with Gasteiger partial charge in [0.25, 0.3) is 0 Å². The summed E-state index contributed by atoms with van der Waals surface area (Å²) >= 11 is 0. The van der Waals surface area contributed by atoms with Crippen molar-refractivity contribution in [1.29, 1.82) is 0 Å². The quantitative estimate of drug-likeness (QED) is 0.683. The molecule has 2 saturated heterocycles. The van der Waals surface area contributed by atoms with E-state index in [0.29, 0.717) is 0 Å². The number of hydrogen-bond acceptors (Lipinski definition) is 2. The van der Waals surface area contributed by atoms with E-state index in [9.17, 15) is 0 Å². The summed E-state index contributed by atoms with van der Waals surface area (Å²) in [6.45, 7) is 5.32. The smallest absolute Gasteiger partial charge is 0.0496 e. The van der Waals surface area contributed by atoms with Crippen LogP contribution in [-0.4, -0.2) is 42.0 Å². The van der Waals surface area contributed by atoms with E-state index in [2.05, 4.69) is 15.9 Å². The van der Waals surface area contributed by atoms with Gasteiger partial charge < -0.3 is 4.90 Å². The van der Waals surface area contributed by atoms with Gasteiger partial charge in [0.2, 0.25) is 0 Å². The Morgan fingerprint density at radius 1 is 0.933 bits per heavy atom. The Bertz CT molecular complexity index is 247. The molecular formula is C13H22N2. The topological polar surface area (TPSA) is 6.48 Å². The molecule has 3 rings (SSSR count). The van der Waals surface area contributed by atoms with Gasteiger partial charge in [0.05, 0.1) is 0 Å². The Hall–Kier alpha value is -0.500. The summed E-state index contributed by atoms with van der Waals surface area (Å²) in [5.74, 6) is 0. The first-order valence-corrected chi connectivity index (χ1v) is 6.64. The van der Waals surface area contributed by atoms with Crippen molar-refractivity contribution < 1.29 is 0 Å². The van der Waals surface area contributed by atoms with Crippen LogP contribution in [0, 0.1) is 0 Å². The van der Waals surface area contributed by atoms with Crippen LogP contribution in [0.25, 0.3) is 0 Å². The van der Waals surface area contributed by atoms with Crippen LogP contribution in [0.3, 0.4) is 0 Å². The minimum Gasteiger partial charge on any atom is -0.374 e. The summed E-state index contributed by atoms with van der Waals surface area (Å²) in [4.78, 5) is 5.37. The zero-order valence-electron chi connectivity index (χ0n) is 9.62. The molecule has 0 spiro atoms. The van der Waals surface area contributed by atoms with Gasteiger partial charge in [-0.15, -0.1) is 0 Å². The molecule has 15 heavy (non-hydrogen) atoms. The Labute approximate surface area is 92.9 Å². The lowest BCUT2D eigenvalue weighted by Crippen LogP contribution is -2.37. The maximum absolute atomic E-state index is 2.72. The minimum atomic E-state index is 0.783. The van der Waals surface area contributed by atoms with Crippen LogP contribution in [0.15, 0.2) is 11.8 Å². The zero-order chi connectivity index (χ0) is 10.1. The van der Waals surface area contributed by atoms with Gasteiger partial charge in [0.1, 0.15) is 0 Å². The lowest BCUT2D eigenvalue weighted by molar-refractivity contribution is 0.231. The number of allylic oxidation sites excluding steroid dienone is 1. The van der Waals surface area contributed by atoms with Gasteiger partial charge >= 0.3 is 0 Å². The Morgan fingerprint density at radius 3 is 2.33 bits per heavy atom. The zero-order valence-corrected chi connectivity index (χ0v) is 9.62. The monoisotopic (exact) mass is 206 g/mol. The standard InChI is InChI=1S/C13H22N2/c1-2-9-14(8-1)12-6-5-7-13(12)15-10-3-4-11-15/h6,13H,1-5,7-11H2. The van der Waals surface area contributed by atoms with Gasteiger partial charge in [0.15, 0.2) is 0 Å². The van der Waals surface area contributed by atoms with Crippen molar-refractivity contribution in [1.82, 2.24) is 9.80 Å². The van der Waals surface area contributed by atoms with Crippen LogP contribution in [0.1, 0.15) is 38.5 Å². The average molecular weight is 206 g/mol. The van der Waals surface area contributed by atoms with Crippen LogP contribution in [0.5, 0.6) is 0 Å². The van der Waals surface area contributed by atoms with Crippen molar-refractivity contribution in [3.8, 4) is 0 Å². The van der Waals surface area contributed by atoms with Crippen molar-refractivity contribution >= 4 is 0 Å². The number of hydrogen-bond donors (Lipinski definition) is 0. The van der Waals surface area contributed by atoms with Gasteiger partial charge in [-0.05, 0) is 51.6 Å². The summed E-state index contributed by atoms with van der Waals surface area (Å²) < 4.78 is 0. The molecule has 2 heteroatoms. The van der Waals surface area contributed by atoms with Crippen LogP contribution in [0.2, 0.25) is 0 Å². The molecule has 2 fully saturated rings. The predicted molar refractivity (Wildman–Crippen MR) is 62.7 cm³/mol. The summed E-state index contributed by atoms with van der Waals surface area (Å²) in [6, 6.07) is 0.783. The van der Waals surface area contributed by atoms with E-state index in [0.717, 1.165) is 6.04 Å². The van der Waals surface area contributed by atoms with Crippen LogP contribution >= 0.6 is 0 Å². The molecular weight excluding hydrogens is 184 g/mol. The third-order valence-corrected chi connectivity index (χ3v) is 4.19. The van der Waals surface area contributed by atoms with E-state index in [1.54, 1.807) is 5.70 Å². The van der Waals surface area contributed by atoms with Gasteiger partial charge in [-0.25, -0.2) is 0 Å². The SMILES string of the molecule is C1=C(N2CCCC2)C(N2CCCC2)CC1. The lowest BCUT2D eigenvalue weighted by atomic mass is 10.2. The summed E-state index contributed by atoms with van der Waals surface area (Å²) in [5, 5.41) is 0. The second-order valence-electron chi connectivity index (χ2n) is 5.16. The van der Waals surface area contributed by atoms with Crippen molar-refractivity contribution in [3.63, 3.8) is 0 Å². The Balaban J connectivity index is 1.70. The molecule has 0 saturated carbocycles. The molecule has 2 nitrogen and oxygen atoms in total. The fourth-order valence-corrected chi connectivity index (χ4v) is 3.41. The molecule has 0 aromatic rings. The maximum Gasteiger partial charge on any atom is 0.0496 e. The lowest BCUT2D eigenvalue weighted by Gasteiger charge is -2.31. The number of likely N-dealkylation sites (tertiary alicyclic amines) is 2. The van der Waals surface area contributed by atoms with Crippen molar-refractivity contribution in [2.45, 2.75) is 44.6 Å². The second kappa shape index (κ2) is 4.17. The molecule has 0 aromatic heterocycles. The van der Waals surface area contributed by atoms with Gasteiger partial charge in [-0.2, -0.15) is 0 Å². The molecule has 2 heterocycles. The van der Waals surface area contributed by atoms with Gasteiger partial charge in [-0.3, -0.25) is 4.90 Å². The molecule has 0 radical (unpaired) electrons. The molecule has 0 N–H and O–H groups in total. The largest absolute Gasteiger partial charge is 0.374 e. The third kappa shape index (κ3) is 1.80. The fraction of sp³-hybridized carbons (Fsp3) is 0.846. The molecule has 0 aromatic carbocycles. The third-order valence-electron chi connectivity index (χ3n) is 4.19. The molecule has 0 amide bonds. The molecule has 84 valence electrons. The highest BCUT2D eigenvalue weighted by atomic mass is 15.2. The van der Waals surface area contributed by atoms with E-state index in [1.165, 1.54) is 64.7 Å². The molecule has 0 bridgehead atoms. The molecule has 2 aliphatic heterocycles. The maximum atomic E-state index is 2.72.